The fourth-order valence-corrected chi connectivity index (χ4v) is 7.83. The summed E-state index contributed by atoms with van der Waals surface area (Å²) in [6.07, 6.45) is 0. The molecule has 8 aromatic rings. The highest BCUT2D eigenvalue weighted by Crippen LogP contribution is 2.58. The van der Waals surface area contributed by atoms with Gasteiger partial charge in [0.05, 0.1) is 5.41 Å². The average Bonchev–Trinajstić information content (AvgIpc) is 3.46. The summed E-state index contributed by atoms with van der Waals surface area (Å²) in [7, 11) is 0. The fourth-order valence-electron chi connectivity index (χ4n) is 7.83. The van der Waals surface area contributed by atoms with Gasteiger partial charge in [0.2, 0.25) is 0 Å². The number of anilines is 2. The van der Waals surface area contributed by atoms with Gasteiger partial charge in [-0.3, -0.25) is 0 Å². The van der Waals surface area contributed by atoms with Crippen LogP contribution < -0.4 is 5.32 Å². The van der Waals surface area contributed by atoms with E-state index in [1.807, 2.05) is 0 Å². The Hall–Kier alpha value is -6.18. The molecule has 1 N–H and O–H groups in total. The molecule has 1 heteroatoms. The predicted octanol–water partition coefficient (Wildman–Crippen LogP) is 12.3. The van der Waals surface area contributed by atoms with Crippen LogP contribution in [-0.2, 0) is 5.41 Å². The van der Waals surface area contributed by atoms with E-state index in [1.165, 1.54) is 66.4 Å². The van der Waals surface area contributed by atoms with E-state index in [-0.39, 0.29) is 0 Å². The van der Waals surface area contributed by atoms with Crippen molar-refractivity contribution in [3.05, 3.63) is 216 Å². The summed E-state index contributed by atoms with van der Waals surface area (Å²) >= 11 is 0. The highest BCUT2D eigenvalue weighted by atomic mass is 14.9. The van der Waals surface area contributed by atoms with E-state index in [1.54, 1.807) is 0 Å². The Labute approximate surface area is 281 Å². The Bertz CT molecular complexity index is 2410. The highest BCUT2D eigenvalue weighted by Gasteiger charge is 2.46. The standard InChI is InChI=1S/C47H33N/c1-4-16-34(17-5-1)41-31-43-40-27-12-13-28-44(40)47(36-22-8-3-9-23-36,45(43)32-42(41)35-18-6-2-7-19-35)37-24-15-25-38(30-37)48-46-29-14-21-33-20-10-11-26-39(33)46/h1-32,48H. The fraction of sp³-hybridized carbons (Fsp3) is 0.0213. The number of fused-ring (bicyclic) bond motifs is 4. The molecule has 0 radical (unpaired) electrons. The third kappa shape index (κ3) is 4.47. The number of benzene rings is 8. The van der Waals surface area contributed by atoms with E-state index in [0.29, 0.717) is 0 Å². The third-order valence-electron chi connectivity index (χ3n) is 9.92. The lowest BCUT2D eigenvalue weighted by molar-refractivity contribution is 0.769. The Kier molecular flexibility index (Phi) is 6.76. The van der Waals surface area contributed by atoms with E-state index in [4.69, 9.17) is 0 Å². The van der Waals surface area contributed by atoms with Gasteiger partial charge in [0.15, 0.2) is 0 Å². The second-order valence-corrected chi connectivity index (χ2v) is 12.6. The van der Waals surface area contributed by atoms with Crippen LogP contribution in [0.5, 0.6) is 0 Å². The number of hydrogen-bond acceptors (Lipinski definition) is 1. The summed E-state index contributed by atoms with van der Waals surface area (Å²) in [5, 5.41) is 6.23. The quantitative estimate of drug-likeness (QED) is 0.197. The van der Waals surface area contributed by atoms with Gasteiger partial charge in [-0.2, -0.15) is 0 Å². The molecule has 0 bridgehead atoms. The molecule has 0 heterocycles. The summed E-state index contributed by atoms with van der Waals surface area (Å²) in [4.78, 5) is 0. The monoisotopic (exact) mass is 611 g/mol. The summed E-state index contributed by atoms with van der Waals surface area (Å²) in [5.74, 6) is 0. The maximum Gasteiger partial charge on any atom is 0.0714 e. The van der Waals surface area contributed by atoms with Crippen molar-refractivity contribution in [1.82, 2.24) is 0 Å². The molecule has 0 fully saturated rings. The van der Waals surface area contributed by atoms with E-state index < -0.39 is 5.41 Å². The Morgan fingerprint density at radius 2 is 0.938 bits per heavy atom. The van der Waals surface area contributed by atoms with Gasteiger partial charge in [0.1, 0.15) is 0 Å². The smallest absolute Gasteiger partial charge is 0.0714 e. The molecule has 8 aromatic carbocycles. The van der Waals surface area contributed by atoms with Crippen LogP contribution in [-0.4, -0.2) is 0 Å². The van der Waals surface area contributed by atoms with Crippen LogP contribution in [0, 0.1) is 0 Å². The lowest BCUT2D eigenvalue weighted by Gasteiger charge is -2.34. The second-order valence-electron chi connectivity index (χ2n) is 12.6. The number of nitrogens with one attached hydrogen (secondary N) is 1. The van der Waals surface area contributed by atoms with Gasteiger partial charge < -0.3 is 5.32 Å². The van der Waals surface area contributed by atoms with Gasteiger partial charge in [0, 0.05) is 16.8 Å². The summed E-state index contributed by atoms with van der Waals surface area (Å²) < 4.78 is 0. The lowest BCUT2D eigenvalue weighted by Crippen LogP contribution is -2.28. The zero-order valence-corrected chi connectivity index (χ0v) is 26.5. The molecule has 0 aliphatic heterocycles. The highest BCUT2D eigenvalue weighted by molar-refractivity contribution is 5.97. The van der Waals surface area contributed by atoms with Gasteiger partial charge >= 0.3 is 0 Å². The summed E-state index contributed by atoms with van der Waals surface area (Å²) in [5.41, 5.74) is 14.2. The molecule has 1 nitrogen and oxygen atoms in total. The first-order valence-electron chi connectivity index (χ1n) is 16.6. The van der Waals surface area contributed by atoms with Crippen molar-refractivity contribution in [1.29, 1.82) is 0 Å². The van der Waals surface area contributed by atoms with Gasteiger partial charge in [-0.15, -0.1) is 0 Å². The molecule has 1 aliphatic rings. The molecule has 9 rings (SSSR count). The minimum Gasteiger partial charge on any atom is -0.355 e. The third-order valence-corrected chi connectivity index (χ3v) is 9.92. The molecule has 1 aliphatic carbocycles. The van der Waals surface area contributed by atoms with E-state index in [9.17, 15) is 0 Å². The Morgan fingerprint density at radius 1 is 0.354 bits per heavy atom. The van der Waals surface area contributed by atoms with Gasteiger partial charge in [-0.25, -0.2) is 0 Å². The van der Waals surface area contributed by atoms with E-state index in [0.717, 1.165) is 11.4 Å². The van der Waals surface area contributed by atoms with Crippen molar-refractivity contribution in [3.63, 3.8) is 0 Å². The molecule has 0 saturated heterocycles. The molecule has 0 aromatic heterocycles. The van der Waals surface area contributed by atoms with Crippen LogP contribution in [0.4, 0.5) is 11.4 Å². The van der Waals surface area contributed by atoms with Gasteiger partial charge in [-0.05, 0) is 91.4 Å². The first-order chi connectivity index (χ1) is 23.8. The van der Waals surface area contributed by atoms with E-state index >= 15 is 0 Å². The van der Waals surface area contributed by atoms with Crippen molar-refractivity contribution in [2.45, 2.75) is 5.41 Å². The molecular weight excluding hydrogens is 579 g/mol. The van der Waals surface area contributed by atoms with Gasteiger partial charge in [0.25, 0.3) is 0 Å². The van der Waals surface area contributed by atoms with Crippen molar-refractivity contribution >= 4 is 22.1 Å². The topological polar surface area (TPSA) is 12.0 Å². The summed E-state index contributed by atoms with van der Waals surface area (Å²) in [6.45, 7) is 0. The zero-order valence-electron chi connectivity index (χ0n) is 26.5. The van der Waals surface area contributed by atoms with Crippen molar-refractivity contribution < 1.29 is 0 Å². The minimum atomic E-state index is -0.525. The van der Waals surface area contributed by atoms with Crippen molar-refractivity contribution in [3.8, 4) is 33.4 Å². The van der Waals surface area contributed by atoms with Crippen LogP contribution >= 0.6 is 0 Å². The van der Waals surface area contributed by atoms with Crippen LogP contribution in [0.1, 0.15) is 22.3 Å². The molecule has 1 atom stereocenters. The minimum absolute atomic E-state index is 0.525. The van der Waals surface area contributed by atoms with Crippen molar-refractivity contribution in [2.24, 2.45) is 0 Å². The summed E-state index contributed by atoms with van der Waals surface area (Å²) in [6, 6.07) is 70.7. The second kappa shape index (κ2) is 11.6. The first kappa shape index (κ1) is 28.1. The molecule has 226 valence electrons. The SMILES string of the molecule is c1ccc(-c2cc3c(cc2-c2ccccc2)C(c2ccccc2)(c2cccc(Nc4cccc5ccccc45)c2)c2ccccc2-3)cc1. The average molecular weight is 612 g/mol. The maximum atomic E-state index is 3.80. The van der Waals surface area contributed by atoms with Crippen molar-refractivity contribution in [2.75, 3.05) is 5.32 Å². The predicted molar refractivity (Wildman–Crippen MR) is 202 cm³/mol. The number of rotatable bonds is 6. The normalized spacial score (nSPS) is 14.8. The molecule has 0 spiro atoms. The van der Waals surface area contributed by atoms with E-state index in [2.05, 4.69) is 199 Å². The molecule has 1 unspecified atom stereocenters. The van der Waals surface area contributed by atoms with Crippen LogP contribution in [0.25, 0.3) is 44.2 Å². The lowest BCUT2D eigenvalue weighted by atomic mass is 9.67. The Balaban J connectivity index is 1.33. The van der Waals surface area contributed by atoms with Crippen LogP contribution in [0.2, 0.25) is 0 Å². The molecular formula is C47H33N. The molecule has 0 amide bonds. The maximum absolute atomic E-state index is 3.80. The van der Waals surface area contributed by atoms with Gasteiger partial charge in [-0.1, -0.05) is 164 Å². The molecule has 48 heavy (non-hydrogen) atoms. The largest absolute Gasteiger partial charge is 0.355 e. The Morgan fingerprint density at radius 3 is 1.71 bits per heavy atom. The first-order valence-corrected chi connectivity index (χ1v) is 16.6. The zero-order chi connectivity index (χ0) is 31.9. The van der Waals surface area contributed by atoms with Crippen LogP contribution in [0.15, 0.2) is 194 Å². The number of hydrogen-bond donors (Lipinski definition) is 1. The van der Waals surface area contributed by atoms with Crippen LogP contribution in [0.3, 0.4) is 0 Å². The molecule has 0 saturated carbocycles.